The zero-order valence-corrected chi connectivity index (χ0v) is 18.3. The Hall–Kier alpha value is -2.46. The zero-order valence-electron chi connectivity index (χ0n) is 16.7. The standard InChI is InChI=1S/C21H23ClFN5O2S/c22-16-4-1-3-15(18(16)23)19(30)28-10-8-27(9-11-28)13-21(14-29)6-2-5-17(26-21)25-20-24-7-12-31-20/h1-7,12,26,29H,8-11,13-14H2,(H,24,25). The van der Waals surface area contributed by atoms with E-state index in [-0.39, 0.29) is 23.1 Å². The molecule has 0 aliphatic carbocycles. The second-order valence-electron chi connectivity index (χ2n) is 7.51. The molecule has 1 unspecified atom stereocenters. The van der Waals surface area contributed by atoms with E-state index >= 15 is 0 Å². The lowest BCUT2D eigenvalue weighted by Crippen LogP contribution is -2.59. The summed E-state index contributed by atoms with van der Waals surface area (Å²) in [6.07, 6.45) is 7.47. The summed E-state index contributed by atoms with van der Waals surface area (Å²) >= 11 is 7.30. The van der Waals surface area contributed by atoms with Crippen molar-refractivity contribution in [2.45, 2.75) is 5.54 Å². The molecule has 1 aromatic heterocycles. The molecule has 3 heterocycles. The number of thiazole rings is 1. The first kappa shape index (κ1) is 21.8. The van der Waals surface area contributed by atoms with Gasteiger partial charge in [-0.2, -0.15) is 0 Å². The monoisotopic (exact) mass is 463 g/mol. The molecule has 2 aliphatic rings. The average Bonchev–Trinajstić information content (AvgIpc) is 3.29. The van der Waals surface area contributed by atoms with Crippen LogP contribution in [0.25, 0.3) is 0 Å². The highest BCUT2D eigenvalue weighted by molar-refractivity contribution is 7.13. The molecule has 1 aromatic carbocycles. The van der Waals surface area contributed by atoms with Crippen molar-refractivity contribution < 1.29 is 14.3 Å². The summed E-state index contributed by atoms with van der Waals surface area (Å²) in [6, 6.07) is 4.46. The minimum atomic E-state index is -0.681. The third-order valence-electron chi connectivity index (χ3n) is 5.37. The number of carbonyl (C=O) groups is 1. The number of aliphatic hydroxyl groups is 1. The van der Waals surface area contributed by atoms with Crippen LogP contribution >= 0.6 is 22.9 Å². The number of nitrogens with one attached hydrogen (secondary N) is 2. The van der Waals surface area contributed by atoms with Crippen molar-refractivity contribution in [1.82, 2.24) is 20.1 Å². The molecule has 1 saturated heterocycles. The Kier molecular flexibility index (Phi) is 6.57. The summed E-state index contributed by atoms with van der Waals surface area (Å²) in [6.45, 7) is 2.64. The first-order chi connectivity index (χ1) is 15.0. The van der Waals surface area contributed by atoms with Crippen molar-refractivity contribution in [2.75, 3.05) is 44.6 Å². The zero-order chi connectivity index (χ0) is 21.8. The molecular weight excluding hydrogens is 441 g/mol. The fourth-order valence-corrected chi connectivity index (χ4v) is 4.45. The number of carbonyl (C=O) groups excluding carboxylic acids is 1. The first-order valence-electron chi connectivity index (χ1n) is 9.90. The van der Waals surface area contributed by atoms with Gasteiger partial charge in [0.15, 0.2) is 10.9 Å². The lowest BCUT2D eigenvalue weighted by molar-refractivity contribution is 0.0576. The lowest BCUT2D eigenvalue weighted by atomic mass is 9.96. The van der Waals surface area contributed by atoms with Crippen LogP contribution in [0.1, 0.15) is 10.4 Å². The van der Waals surface area contributed by atoms with E-state index in [2.05, 4.69) is 20.5 Å². The van der Waals surface area contributed by atoms with Gasteiger partial charge in [-0.25, -0.2) is 9.37 Å². The van der Waals surface area contributed by atoms with Crippen LogP contribution in [0.2, 0.25) is 5.02 Å². The van der Waals surface area contributed by atoms with Crippen molar-refractivity contribution in [3.8, 4) is 0 Å². The Labute approximate surface area is 188 Å². The van der Waals surface area contributed by atoms with E-state index in [1.165, 1.54) is 23.5 Å². The van der Waals surface area contributed by atoms with Gasteiger partial charge in [-0.15, -0.1) is 11.3 Å². The lowest BCUT2D eigenvalue weighted by Gasteiger charge is -2.41. The Morgan fingerprint density at radius 2 is 2.16 bits per heavy atom. The number of rotatable bonds is 6. The Morgan fingerprint density at radius 3 is 2.87 bits per heavy atom. The van der Waals surface area contributed by atoms with Crippen LogP contribution in [0.4, 0.5) is 9.52 Å². The number of nitrogens with zero attached hydrogens (tertiary/aromatic N) is 3. The predicted molar refractivity (Wildman–Crippen MR) is 120 cm³/mol. The van der Waals surface area contributed by atoms with Gasteiger partial charge in [0.25, 0.3) is 5.91 Å². The highest BCUT2D eigenvalue weighted by atomic mass is 35.5. The summed E-state index contributed by atoms with van der Waals surface area (Å²) in [5, 5.41) is 19.3. The number of aromatic nitrogens is 1. The van der Waals surface area contributed by atoms with E-state index in [4.69, 9.17) is 11.6 Å². The minimum absolute atomic E-state index is 0.00676. The number of hydrogen-bond donors (Lipinski definition) is 3. The summed E-state index contributed by atoms with van der Waals surface area (Å²) in [5.41, 5.74) is -0.660. The van der Waals surface area contributed by atoms with Gasteiger partial charge in [0, 0.05) is 44.3 Å². The number of benzene rings is 1. The molecule has 7 nitrogen and oxygen atoms in total. The highest BCUT2D eigenvalue weighted by Gasteiger charge is 2.33. The molecule has 2 aromatic rings. The van der Waals surface area contributed by atoms with E-state index in [1.54, 1.807) is 17.2 Å². The van der Waals surface area contributed by atoms with E-state index in [1.807, 2.05) is 23.6 Å². The van der Waals surface area contributed by atoms with Gasteiger partial charge in [-0.1, -0.05) is 29.8 Å². The smallest absolute Gasteiger partial charge is 0.256 e. The third kappa shape index (κ3) is 4.90. The summed E-state index contributed by atoms with van der Waals surface area (Å²) in [5.74, 6) is -0.277. The van der Waals surface area contributed by atoms with Crippen LogP contribution < -0.4 is 10.6 Å². The first-order valence-corrected chi connectivity index (χ1v) is 11.2. The van der Waals surface area contributed by atoms with Crippen molar-refractivity contribution in [3.05, 3.63) is 70.2 Å². The van der Waals surface area contributed by atoms with Crippen molar-refractivity contribution >= 4 is 34.0 Å². The van der Waals surface area contributed by atoms with Crippen LogP contribution in [-0.4, -0.2) is 70.7 Å². The molecule has 2 aliphatic heterocycles. The quantitative estimate of drug-likeness (QED) is 0.611. The molecule has 0 bridgehead atoms. The van der Waals surface area contributed by atoms with Gasteiger partial charge in [0.2, 0.25) is 0 Å². The molecule has 164 valence electrons. The minimum Gasteiger partial charge on any atom is -0.394 e. The second kappa shape index (κ2) is 9.35. The topological polar surface area (TPSA) is 80.7 Å². The number of anilines is 1. The maximum atomic E-state index is 14.2. The van der Waals surface area contributed by atoms with Gasteiger partial charge in [0.05, 0.1) is 22.7 Å². The average molecular weight is 464 g/mol. The molecule has 4 rings (SSSR count). The second-order valence-corrected chi connectivity index (χ2v) is 8.81. The molecule has 0 radical (unpaired) electrons. The number of dihydropyridines is 1. The normalized spacial score (nSPS) is 21.5. The van der Waals surface area contributed by atoms with E-state index in [0.717, 1.165) is 11.0 Å². The summed E-state index contributed by atoms with van der Waals surface area (Å²) in [7, 11) is 0. The van der Waals surface area contributed by atoms with Gasteiger partial charge in [-0.3, -0.25) is 9.69 Å². The number of halogens is 2. The van der Waals surface area contributed by atoms with Crippen LogP contribution in [0.3, 0.4) is 0 Å². The number of piperazine rings is 1. The van der Waals surface area contributed by atoms with Crippen molar-refractivity contribution in [3.63, 3.8) is 0 Å². The van der Waals surface area contributed by atoms with E-state index < -0.39 is 11.4 Å². The van der Waals surface area contributed by atoms with E-state index in [9.17, 15) is 14.3 Å². The molecule has 31 heavy (non-hydrogen) atoms. The molecular formula is C21H23ClFN5O2S. The number of aliphatic hydroxyl groups excluding tert-OH is 1. The number of amides is 1. The van der Waals surface area contributed by atoms with Crippen molar-refractivity contribution in [2.24, 2.45) is 0 Å². The molecule has 1 fully saturated rings. The van der Waals surface area contributed by atoms with Crippen LogP contribution in [0.5, 0.6) is 0 Å². The largest absolute Gasteiger partial charge is 0.394 e. The van der Waals surface area contributed by atoms with Gasteiger partial charge < -0.3 is 20.6 Å². The molecule has 10 heteroatoms. The number of allylic oxidation sites excluding steroid dienone is 2. The fraction of sp³-hybridized carbons (Fsp3) is 0.333. The molecule has 1 amide bonds. The molecule has 3 N–H and O–H groups in total. The van der Waals surface area contributed by atoms with Crippen LogP contribution in [-0.2, 0) is 0 Å². The Morgan fingerprint density at radius 1 is 1.35 bits per heavy atom. The highest BCUT2D eigenvalue weighted by Crippen LogP contribution is 2.22. The molecule has 0 spiro atoms. The van der Waals surface area contributed by atoms with Crippen LogP contribution in [0, 0.1) is 5.82 Å². The van der Waals surface area contributed by atoms with Gasteiger partial charge >= 0.3 is 0 Å². The van der Waals surface area contributed by atoms with E-state index in [0.29, 0.717) is 32.7 Å². The van der Waals surface area contributed by atoms with Gasteiger partial charge in [-0.05, 0) is 18.2 Å². The summed E-state index contributed by atoms with van der Waals surface area (Å²) in [4.78, 5) is 20.7. The van der Waals surface area contributed by atoms with Crippen molar-refractivity contribution in [1.29, 1.82) is 0 Å². The SMILES string of the molecule is O=C(c1cccc(Cl)c1F)N1CCN(CC2(CO)C=CC=C(Nc3nccs3)N2)CC1. The Balaban J connectivity index is 1.35. The van der Waals surface area contributed by atoms with Gasteiger partial charge in [0.1, 0.15) is 5.82 Å². The fourth-order valence-electron chi connectivity index (χ4n) is 3.74. The third-order valence-corrected chi connectivity index (χ3v) is 6.35. The van der Waals surface area contributed by atoms with Crippen LogP contribution in [0.15, 0.2) is 53.8 Å². The number of hydrogen-bond acceptors (Lipinski definition) is 7. The Bertz CT molecular complexity index is 992. The predicted octanol–water partition coefficient (Wildman–Crippen LogP) is 2.54. The molecule has 1 atom stereocenters. The maximum Gasteiger partial charge on any atom is 0.256 e. The summed E-state index contributed by atoms with van der Waals surface area (Å²) < 4.78 is 14.2. The molecule has 0 saturated carbocycles. The maximum absolute atomic E-state index is 14.2.